The number of aromatic nitrogens is 3. The van der Waals surface area contributed by atoms with Crippen molar-refractivity contribution in [3.05, 3.63) is 36.2 Å². The molecule has 170 valence electrons. The monoisotopic (exact) mass is 462 g/mol. The van der Waals surface area contributed by atoms with Gasteiger partial charge in [0.1, 0.15) is 0 Å². The lowest BCUT2D eigenvalue weighted by molar-refractivity contribution is -0.00698. The molecule has 0 atom stereocenters. The molecule has 6 heteroatoms. The van der Waals surface area contributed by atoms with Crippen molar-refractivity contribution in [3.63, 3.8) is 0 Å². The van der Waals surface area contributed by atoms with E-state index in [1.165, 1.54) is 55.3 Å². The van der Waals surface area contributed by atoms with Gasteiger partial charge in [-0.1, -0.05) is 26.0 Å². The van der Waals surface area contributed by atoms with E-state index < -0.39 is 0 Å². The van der Waals surface area contributed by atoms with Gasteiger partial charge in [-0.25, -0.2) is 4.98 Å². The quantitative estimate of drug-likeness (QED) is 0.452. The van der Waals surface area contributed by atoms with Crippen molar-refractivity contribution in [2.75, 3.05) is 19.6 Å². The maximum Gasteiger partial charge on any atom is 0.215 e. The first-order valence-electron chi connectivity index (χ1n) is 11.9. The van der Waals surface area contributed by atoms with Crippen LogP contribution in [0.25, 0.3) is 16.8 Å². The third kappa shape index (κ3) is 3.59. The summed E-state index contributed by atoms with van der Waals surface area (Å²) in [6.07, 6.45) is 11.0. The summed E-state index contributed by atoms with van der Waals surface area (Å²) in [4.78, 5) is 7.89. The summed E-state index contributed by atoms with van der Waals surface area (Å²) >= 11 is 0. The molecular formula is C25H36Cl2N4. The number of hydrogen-bond donors (Lipinski definition) is 0. The van der Waals surface area contributed by atoms with Gasteiger partial charge in [0.05, 0.1) is 16.7 Å². The molecule has 0 radical (unpaired) electrons. The number of fused-ring (bicyclic) bond motifs is 3. The van der Waals surface area contributed by atoms with Crippen molar-refractivity contribution in [3.8, 4) is 0 Å². The Morgan fingerprint density at radius 3 is 2.10 bits per heavy atom. The van der Waals surface area contributed by atoms with E-state index in [1.54, 1.807) is 0 Å². The molecule has 4 fully saturated rings. The summed E-state index contributed by atoms with van der Waals surface area (Å²) in [7, 11) is 0. The van der Waals surface area contributed by atoms with E-state index in [4.69, 9.17) is 4.98 Å². The van der Waals surface area contributed by atoms with Gasteiger partial charge in [-0.3, -0.25) is 4.40 Å². The second kappa shape index (κ2) is 8.61. The van der Waals surface area contributed by atoms with Crippen LogP contribution in [0.3, 0.4) is 0 Å². The normalized spacial score (nSPS) is 28.9. The summed E-state index contributed by atoms with van der Waals surface area (Å²) in [5.74, 6) is 4.04. The Hall–Kier alpha value is -1.23. The van der Waals surface area contributed by atoms with Crippen molar-refractivity contribution >= 4 is 41.6 Å². The van der Waals surface area contributed by atoms with Gasteiger partial charge in [-0.05, 0) is 81.5 Å². The fraction of sp³-hybridized carbons (Fsp3) is 0.640. The van der Waals surface area contributed by atoms with E-state index in [0.717, 1.165) is 49.7 Å². The van der Waals surface area contributed by atoms with Crippen LogP contribution in [0, 0.1) is 17.8 Å². The Labute approximate surface area is 198 Å². The van der Waals surface area contributed by atoms with Gasteiger partial charge in [0.25, 0.3) is 0 Å². The topological polar surface area (TPSA) is 25.5 Å². The number of para-hydroxylation sites is 2. The Kier molecular flexibility index (Phi) is 6.37. The zero-order valence-corrected chi connectivity index (χ0v) is 20.4. The molecule has 3 aromatic rings. The summed E-state index contributed by atoms with van der Waals surface area (Å²) < 4.78 is 4.86. The summed E-state index contributed by atoms with van der Waals surface area (Å²) in [5.41, 5.74) is 4.39. The number of hydrogen-bond acceptors (Lipinski definition) is 2. The summed E-state index contributed by atoms with van der Waals surface area (Å²) in [5, 5.41) is 0. The Bertz CT molecular complexity index is 1010. The predicted octanol–water partition coefficient (Wildman–Crippen LogP) is 5.94. The average molecular weight is 463 g/mol. The molecule has 0 aliphatic heterocycles. The number of halogens is 2. The van der Waals surface area contributed by atoms with Crippen LogP contribution in [0.1, 0.15) is 58.1 Å². The third-order valence-electron chi connectivity index (χ3n) is 8.48. The van der Waals surface area contributed by atoms with Gasteiger partial charge in [-0.2, -0.15) is 0 Å². The van der Waals surface area contributed by atoms with Crippen molar-refractivity contribution in [2.24, 2.45) is 17.8 Å². The molecule has 0 saturated heterocycles. The minimum atomic E-state index is 0. The van der Waals surface area contributed by atoms with Crippen LogP contribution in [-0.2, 0) is 12.0 Å². The van der Waals surface area contributed by atoms with Crippen molar-refractivity contribution in [2.45, 2.75) is 64.3 Å². The predicted molar refractivity (Wildman–Crippen MR) is 133 cm³/mol. The molecule has 0 spiro atoms. The van der Waals surface area contributed by atoms with Crippen molar-refractivity contribution in [1.82, 2.24) is 18.9 Å². The van der Waals surface area contributed by atoms with Crippen LogP contribution < -0.4 is 0 Å². The molecule has 4 aliphatic carbocycles. The maximum atomic E-state index is 5.38. The molecule has 0 unspecified atom stereocenters. The molecule has 0 N–H and O–H groups in total. The van der Waals surface area contributed by atoms with Crippen LogP contribution in [0.15, 0.2) is 30.5 Å². The number of likely N-dealkylation sites (N-methyl/N-ethyl adjacent to an activating group) is 1. The Morgan fingerprint density at radius 2 is 1.52 bits per heavy atom. The highest BCUT2D eigenvalue weighted by molar-refractivity contribution is 5.85. The van der Waals surface area contributed by atoms with Crippen LogP contribution in [0.5, 0.6) is 0 Å². The first-order chi connectivity index (χ1) is 14.2. The van der Waals surface area contributed by atoms with Crippen LogP contribution in [0.4, 0.5) is 0 Å². The molecule has 1 aromatic carbocycles. The molecular weight excluding hydrogens is 427 g/mol. The first-order valence-corrected chi connectivity index (χ1v) is 11.9. The zero-order chi connectivity index (χ0) is 19.6. The number of nitrogens with zero attached hydrogens (tertiary/aromatic N) is 4. The largest absolute Gasteiger partial charge is 0.308 e. The van der Waals surface area contributed by atoms with E-state index in [-0.39, 0.29) is 24.8 Å². The fourth-order valence-corrected chi connectivity index (χ4v) is 7.42. The van der Waals surface area contributed by atoms with E-state index in [2.05, 4.69) is 58.2 Å². The second-order valence-corrected chi connectivity index (χ2v) is 10.2. The molecule has 4 bridgehead atoms. The molecule has 7 rings (SSSR count). The van der Waals surface area contributed by atoms with Gasteiger partial charge in [0, 0.05) is 24.7 Å². The first kappa shape index (κ1) is 22.9. The number of imidazole rings is 2. The van der Waals surface area contributed by atoms with Gasteiger partial charge in [0.15, 0.2) is 0 Å². The third-order valence-corrected chi connectivity index (χ3v) is 8.48. The molecule has 2 aromatic heterocycles. The molecule has 0 amide bonds. The minimum absolute atomic E-state index is 0. The van der Waals surface area contributed by atoms with Gasteiger partial charge >= 0.3 is 0 Å². The van der Waals surface area contributed by atoms with E-state index in [1.807, 2.05) is 0 Å². The smallest absolute Gasteiger partial charge is 0.215 e. The molecule has 2 heterocycles. The second-order valence-electron chi connectivity index (χ2n) is 10.2. The fourth-order valence-electron chi connectivity index (χ4n) is 7.42. The lowest BCUT2D eigenvalue weighted by atomic mass is 9.49. The molecule has 31 heavy (non-hydrogen) atoms. The highest BCUT2D eigenvalue weighted by Gasteiger charge is 2.52. The maximum absolute atomic E-state index is 5.38. The van der Waals surface area contributed by atoms with Crippen molar-refractivity contribution in [1.29, 1.82) is 0 Å². The van der Waals surface area contributed by atoms with Gasteiger partial charge in [-0.15, -0.1) is 24.8 Å². The molecule has 4 aliphatic rings. The van der Waals surface area contributed by atoms with Gasteiger partial charge in [0.2, 0.25) is 5.78 Å². The van der Waals surface area contributed by atoms with E-state index in [0.29, 0.717) is 5.41 Å². The lowest BCUT2D eigenvalue weighted by Crippen LogP contribution is -2.48. The zero-order valence-electron chi connectivity index (χ0n) is 18.8. The molecule has 4 nitrogen and oxygen atoms in total. The standard InChI is InChI=1S/C25H34N4.2ClH/c1-3-27(4-2)9-10-28-21-7-5-6-8-22(21)29-17-23(26-24(28)29)25-14-18-11-19(15-25)13-20(12-18)16-25;;/h5-8,17-20H,3-4,9-16H2,1-2H3;2*1H. The SMILES string of the molecule is CCN(CC)CCn1c2ccccc2n2cc(C34CC5CC(CC(C5)C3)C4)nc12.Cl.Cl. The highest BCUT2D eigenvalue weighted by Crippen LogP contribution is 2.60. The lowest BCUT2D eigenvalue weighted by Gasteiger charge is -2.56. The Morgan fingerprint density at radius 1 is 0.935 bits per heavy atom. The van der Waals surface area contributed by atoms with Crippen LogP contribution in [-0.4, -0.2) is 38.5 Å². The number of rotatable bonds is 6. The average Bonchev–Trinajstić information content (AvgIpc) is 3.27. The Balaban J connectivity index is 0.00000116. The minimum Gasteiger partial charge on any atom is -0.308 e. The van der Waals surface area contributed by atoms with Gasteiger partial charge < -0.3 is 9.47 Å². The summed E-state index contributed by atoms with van der Waals surface area (Å²) in [6, 6.07) is 8.86. The summed E-state index contributed by atoms with van der Waals surface area (Å²) in [6.45, 7) is 8.83. The number of benzene rings is 1. The van der Waals surface area contributed by atoms with E-state index >= 15 is 0 Å². The molecule has 4 saturated carbocycles. The van der Waals surface area contributed by atoms with Crippen molar-refractivity contribution < 1.29 is 0 Å². The van der Waals surface area contributed by atoms with E-state index in [9.17, 15) is 0 Å². The van der Waals surface area contributed by atoms with Crippen LogP contribution >= 0.6 is 24.8 Å². The highest BCUT2D eigenvalue weighted by atomic mass is 35.5. The van der Waals surface area contributed by atoms with Crippen LogP contribution in [0.2, 0.25) is 0 Å².